The smallest absolute Gasteiger partial charge is 0.256 e. The minimum absolute atomic E-state index is 0.110. The number of halogens is 1. The Morgan fingerprint density at radius 1 is 1.06 bits per heavy atom. The van der Waals surface area contributed by atoms with Crippen LogP contribution in [0.4, 0.5) is 10.2 Å². The first-order chi connectivity index (χ1) is 17.5. The number of anilines is 1. The molecule has 36 heavy (non-hydrogen) atoms. The van der Waals surface area contributed by atoms with Crippen molar-refractivity contribution in [1.82, 2.24) is 19.8 Å². The topological polar surface area (TPSA) is 84.6 Å². The Labute approximate surface area is 211 Å². The Morgan fingerprint density at radius 3 is 2.47 bits per heavy atom. The number of hydrogen-bond donors (Lipinski definition) is 1. The Bertz CT molecular complexity index is 1220. The molecule has 188 valence electrons. The molecule has 3 aromatic rings. The molecule has 2 fully saturated rings. The fourth-order valence-corrected chi connectivity index (χ4v) is 5.26. The lowest BCUT2D eigenvalue weighted by Crippen LogP contribution is -2.53. The highest BCUT2D eigenvalue weighted by Crippen LogP contribution is 2.35. The average Bonchev–Trinajstić information content (AvgIpc) is 2.93. The summed E-state index contributed by atoms with van der Waals surface area (Å²) in [5.74, 6) is -0.331. The number of rotatable bonds is 5. The van der Waals surface area contributed by atoms with E-state index in [1.165, 1.54) is 6.07 Å². The molecule has 0 bridgehead atoms. The molecule has 0 unspecified atom stereocenters. The minimum Gasteiger partial charge on any atom is -0.384 e. The maximum Gasteiger partial charge on any atom is 0.256 e. The Kier molecular flexibility index (Phi) is 7.25. The lowest BCUT2D eigenvalue weighted by Gasteiger charge is -2.40. The first-order valence-corrected chi connectivity index (χ1v) is 12.7. The second-order valence-electron chi connectivity index (χ2n) is 9.37. The van der Waals surface area contributed by atoms with Crippen LogP contribution in [-0.4, -0.2) is 71.1 Å². The number of aromatic nitrogens is 2. The number of nitrogens with zero attached hydrogens (tertiary/aromatic N) is 4. The van der Waals surface area contributed by atoms with Crippen LogP contribution in [0.15, 0.2) is 48.8 Å². The molecule has 7 nitrogen and oxygen atoms in total. The molecule has 2 aromatic heterocycles. The monoisotopic (exact) mass is 489 g/mol. The van der Waals surface area contributed by atoms with Crippen LogP contribution in [0.3, 0.4) is 0 Å². The molecule has 2 N–H and O–H groups in total. The Morgan fingerprint density at radius 2 is 1.81 bits per heavy atom. The molecule has 1 aromatic carbocycles. The van der Waals surface area contributed by atoms with E-state index in [0.717, 1.165) is 61.5 Å². The predicted molar refractivity (Wildman–Crippen MR) is 138 cm³/mol. The van der Waals surface area contributed by atoms with Crippen molar-refractivity contribution in [3.63, 3.8) is 0 Å². The summed E-state index contributed by atoms with van der Waals surface area (Å²) in [7, 11) is 0. The van der Waals surface area contributed by atoms with Gasteiger partial charge in [-0.15, -0.1) is 0 Å². The van der Waals surface area contributed by atoms with Gasteiger partial charge in [-0.1, -0.05) is 13.0 Å². The Hall–Kier alpha value is -3.36. The molecule has 0 aliphatic carbocycles. The molecule has 5 rings (SSSR count). The number of ether oxygens (including phenoxy) is 1. The van der Waals surface area contributed by atoms with Crippen LogP contribution in [0.25, 0.3) is 22.3 Å². The molecular weight excluding hydrogens is 457 g/mol. The third-order valence-electron chi connectivity index (χ3n) is 7.26. The fraction of sp³-hybridized carbons (Fsp3) is 0.393. The van der Waals surface area contributed by atoms with Gasteiger partial charge in [0.25, 0.3) is 5.91 Å². The largest absolute Gasteiger partial charge is 0.384 e. The van der Waals surface area contributed by atoms with Gasteiger partial charge in [-0.05, 0) is 60.7 Å². The van der Waals surface area contributed by atoms with Crippen LogP contribution in [0, 0.1) is 5.82 Å². The maximum absolute atomic E-state index is 15.4. The van der Waals surface area contributed by atoms with Gasteiger partial charge in [-0.25, -0.2) is 9.37 Å². The van der Waals surface area contributed by atoms with Gasteiger partial charge in [0, 0.05) is 74.6 Å². The molecule has 4 heterocycles. The summed E-state index contributed by atoms with van der Waals surface area (Å²) in [6, 6.07) is 10.9. The summed E-state index contributed by atoms with van der Waals surface area (Å²) in [4.78, 5) is 26.1. The number of benzene rings is 1. The van der Waals surface area contributed by atoms with E-state index < -0.39 is 5.82 Å². The fourth-order valence-electron chi connectivity index (χ4n) is 5.26. The number of nitrogen functional groups attached to an aromatic ring is 1. The highest BCUT2D eigenvalue weighted by Gasteiger charge is 2.29. The van der Waals surface area contributed by atoms with Gasteiger partial charge < -0.3 is 15.4 Å². The first kappa shape index (κ1) is 24.3. The number of aryl methyl sites for hydroxylation is 1. The van der Waals surface area contributed by atoms with Gasteiger partial charge in [0.15, 0.2) is 0 Å². The van der Waals surface area contributed by atoms with Crippen molar-refractivity contribution in [2.75, 3.05) is 45.1 Å². The van der Waals surface area contributed by atoms with E-state index in [0.29, 0.717) is 36.9 Å². The van der Waals surface area contributed by atoms with E-state index in [-0.39, 0.29) is 11.5 Å². The molecule has 0 saturated carbocycles. The minimum atomic E-state index is -0.513. The second kappa shape index (κ2) is 10.7. The quantitative estimate of drug-likeness (QED) is 0.583. The van der Waals surface area contributed by atoms with Gasteiger partial charge in [0.2, 0.25) is 0 Å². The molecule has 2 saturated heterocycles. The summed E-state index contributed by atoms with van der Waals surface area (Å²) >= 11 is 0. The molecule has 2 aliphatic rings. The number of carbonyl (C=O) groups is 1. The van der Waals surface area contributed by atoms with Crippen LogP contribution < -0.4 is 5.73 Å². The molecule has 2 aliphatic heterocycles. The number of hydrogen-bond acceptors (Lipinski definition) is 6. The lowest BCUT2D eigenvalue weighted by molar-refractivity contribution is 0.0136. The number of amides is 1. The summed E-state index contributed by atoms with van der Waals surface area (Å²) < 4.78 is 20.8. The van der Waals surface area contributed by atoms with Crippen molar-refractivity contribution in [2.24, 2.45) is 0 Å². The standard InChI is InChI=1S/C28H32FN5O2/c1-2-25-27(20-4-6-26(30)32-18-20)22(7-10-31-25)19-3-5-23(24(29)17-19)28(35)34-13-11-33(12-14-34)21-8-15-36-16-9-21/h3-7,10,17-18,21H,2,8-9,11-16H2,1H3,(H2,30,32). The van der Waals surface area contributed by atoms with Crippen molar-refractivity contribution in [1.29, 1.82) is 0 Å². The molecule has 1 amide bonds. The highest BCUT2D eigenvalue weighted by molar-refractivity contribution is 5.95. The number of piperazine rings is 1. The first-order valence-electron chi connectivity index (χ1n) is 12.7. The van der Waals surface area contributed by atoms with E-state index >= 15 is 4.39 Å². The normalized spacial score (nSPS) is 17.3. The average molecular weight is 490 g/mol. The van der Waals surface area contributed by atoms with E-state index in [4.69, 9.17) is 10.5 Å². The molecule has 0 spiro atoms. The van der Waals surface area contributed by atoms with Gasteiger partial charge in [0.1, 0.15) is 11.6 Å². The summed E-state index contributed by atoms with van der Waals surface area (Å²) in [5, 5.41) is 0. The number of carbonyl (C=O) groups excluding carboxylic acids is 1. The van der Waals surface area contributed by atoms with Crippen molar-refractivity contribution >= 4 is 11.7 Å². The van der Waals surface area contributed by atoms with Crippen molar-refractivity contribution in [3.8, 4) is 22.3 Å². The van der Waals surface area contributed by atoms with Crippen molar-refractivity contribution < 1.29 is 13.9 Å². The zero-order chi connectivity index (χ0) is 25.1. The summed E-state index contributed by atoms with van der Waals surface area (Å²) in [5.41, 5.74) is 10.1. The van der Waals surface area contributed by atoms with Crippen LogP contribution in [-0.2, 0) is 11.2 Å². The van der Waals surface area contributed by atoms with Gasteiger partial charge in [-0.3, -0.25) is 14.7 Å². The third-order valence-corrected chi connectivity index (χ3v) is 7.26. The zero-order valence-corrected chi connectivity index (χ0v) is 20.6. The van der Waals surface area contributed by atoms with Crippen LogP contribution in [0.5, 0.6) is 0 Å². The molecule has 0 atom stereocenters. The van der Waals surface area contributed by atoms with Crippen LogP contribution >= 0.6 is 0 Å². The van der Waals surface area contributed by atoms with E-state index in [1.807, 2.05) is 25.1 Å². The third kappa shape index (κ3) is 4.96. The van der Waals surface area contributed by atoms with Crippen molar-refractivity contribution in [3.05, 3.63) is 65.9 Å². The van der Waals surface area contributed by atoms with Gasteiger partial charge in [-0.2, -0.15) is 0 Å². The van der Waals surface area contributed by atoms with Gasteiger partial charge in [0.05, 0.1) is 5.56 Å². The van der Waals surface area contributed by atoms with E-state index in [1.54, 1.807) is 29.4 Å². The lowest BCUT2D eigenvalue weighted by atomic mass is 9.93. The van der Waals surface area contributed by atoms with Crippen LogP contribution in [0.1, 0.15) is 35.8 Å². The molecular formula is C28H32FN5O2. The number of pyridine rings is 2. The predicted octanol–water partition coefficient (Wildman–Crippen LogP) is 4.03. The summed E-state index contributed by atoms with van der Waals surface area (Å²) in [6.07, 6.45) is 6.23. The SMILES string of the molecule is CCc1nccc(-c2ccc(C(=O)N3CCN(C4CCOCC4)CC3)c(F)c2)c1-c1ccc(N)nc1. The Balaban J connectivity index is 1.36. The molecule has 0 radical (unpaired) electrons. The summed E-state index contributed by atoms with van der Waals surface area (Å²) in [6.45, 7) is 6.47. The zero-order valence-electron chi connectivity index (χ0n) is 20.6. The van der Waals surface area contributed by atoms with Crippen LogP contribution in [0.2, 0.25) is 0 Å². The maximum atomic E-state index is 15.4. The molecule has 8 heteroatoms. The van der Waals surface area contributed by atoms with E-state index in [2.05, 4.69) is 14.9 Å². The number of nitrogens with two attached hydrogens (primary N) is 1. The van der Waals surface area contributed by atoms with Gasteiger partial charge >= 0.3 is 0 Å². The highest BCUT2D eigenvalue weighted by atomic mass is 19.1. The van der Waals surface area contributed by atoms with E-state index in [9.17, 15) is 4.79 Å². The second-order valence-corrected chi connectivity index (χ2v) is 9.37. The van der Waals surface area contributed by atoms with Crippen molar-refractivity contribution in [2.45, 2.75) is 32.2 Å².